The summed E-state index contributed by atoms with van der Waals surface area (Å²) in [5.41, 5.74) is 17.0. The van der Waals surface area contributed by atoms with Crippen molar-refractivity contribution in [1.29, 1.82) is 0 Å². The van der Waals surface area contributed by atoms with Crippen molar-refractivity contribution in [3.05, 3.63) is 29.8 Å². The molecule has 1 aromatic rings. The predicted molar refractivity (Wildman–Crippen MR) is 258 cm³/mol. The predicted octanol–water partition coefficient (Wildman–Crippen LogP) is -6.12. The lowest BCUT2D eigenvalue weighted by Gasteiger charge is -2.31. The molecule has 1 aromatic carbocycles. The molecule has 2 rings (SSSR count). The lowest BCUT2D eigenvalue weighted by Crippen LogP contribution is -2.61. The van der Waals surface area contributed by atoms with Crippen LogP contribution in [-0.2, 0) is 59.2 Å². The van der Waals surface area contributed by atoms with E-state index < -0.39 is 145 Å². The molecular weight excluding hydrogens is 989 g/mol. The molecule has 0 radical (unpaired) electrons. The van der Waals surface area contributed by atoms with Crippen molar-refractivity contribution in [2.75, 3.05) is 31.7 Å². The number of aliphatic imine (C=N–C) groups is 1. The van der Waals surface area contributed by atoms with Crippen LogP contribution in [0.4, 0.5) is 0 Å². The van der Waals surface area contributed by atoms with Crippen LogP contribution in [0.25, 0.3) is 0 Å². The number of likely N-dealkylation sites (tertiary alicyclic amines) is 1. The van der Waals surface area contributed by atoms with Crippen LogP contribution in [0.5, 0.6) is 5.75 Å². The number of aliphatic hydroxyl groups excluding tert-OH is 2. The van der Waals surface area contributed by atoms with Crippen LogP contribution >= 0.6 is 11.8 Å². The van der Waals surface area contributed by atoms with Crippen molar-refractivity contribution in [3.8, 4) is 5.75 Å². The van der Waals surface area contributed by atoms with Crippen LogP contribution in [0.15, 0.2) is 29.3 Å². The first kappa shape index (κ1) is 61.8. The van der Waals surface area contributed by atoms with Gasteiger partial charge in [0.2, 0.25) is 47.3 Å². The molecule has 0 aromatic heterocycles. The third-order valence-electron chi connectivity index (χ3n) is 10.9. The van der Waals surface area contributed by atoms with Gasteiger partial charge in [0, 0.05) is 19.5 Å². The van der Waals surface area contributed by atoms with Gasteiger partial charge in [0.25, 0.3) is 0 Å². The zero-order valence-electron chi connectivity index (χ0n) is 40.3. The van der Waals surface area contributed by atoms with E-state index in [0.717, 1.165) is 4.90 Å². The number of carbonyl (C=O) groups excluding carboxylic acids is 8. The van der Waals surface area contributed by atoms with Crippen molar-refractivity contribution in [2.24, 2.45) is 22.2 Å². The molecule has 30 heteroatoms. The number of nitrogens with zero attached hydrogens (tertiary/aromatic N) is 2. The molecule has 73 heavy (non-hydrogen) atoms. The number of benzene rings is 1. The molecule has 29 nitrogen and oxygen atoms in total. The van der Waals surface area contributed by atoms with E-state index in [2.05, 4.69) is 31.6 Å². The minimum absolute atomic E-state index is 0.00802. The number of nitrogens with one attached hydrogen (secondary N) is 7. The molecule has 1 fully saturated rings. The van der Waals surface area contributed by atoms with Gasteiger partial charge in [-0.2, -0.15) is 11.8 Å². The molecule has 406 valence electrons. The van der Waals surface area contributed by atoms with Gasteiger partial charge in [-0.05, 0) is 75.7 Å². The van der Waals surface area contributed by atoms with Crippen molar-refractivity contribution in [2.45, 2.75) is 126 Å². The van der Waals surface area contributed by atoms with Crippen molar-refractivity contribution >= 4 is 82.9 Å². The summed E-state index contributed by atoms with van der Waals surface area (Å²) < 4.78 is 0. The Morgan fingerprint density at radius 3 is 1.77 bits per heavy atom. The molecule has 0 saturated carbocycles. The van der Waals surface area contributed by atoms with Gasteiger partial charge < -0.3 is 90.0 Å². The highest BCUT2D eigenvalue weighted by Gasteiger charge is 2.41. The van der Waals surface area contributed by atoms with Gasteiger partial charge in [-0.25, -0.2) is 4.79 Å². The summed E-state index contributed by atoms with van der Waals surface area (Å²) in [6.45, 7) is 1.36. The summed E-state index contributed by atoms with van der Waals surface area (Å²) in [5, 5.41) is 74.3. The molecular formula is C43H66N12O17S. The van der Waals surface area contributed by atoms with Crippen molar-refractivity contribution in [1.82, 2.24) is 42.1 Å². The quantitative estimate of drug-likeness (QED) is 0.0187. The van der Waals surface area contributed by atoms with Crippen LogP contribution < -0.4 is 54.4 Å². The molecule has 0 unspecified atom stereocenters. The Balaban J connectivity index is 2.47. The van der Waals surface area contributed by atoms with Gasteiger partial charge in [0.1, 0.15) is 54.1 Å². The zero-order chi connectivity index (χ0) is 55.1. The van der Waals surface area contributed by atoms with Gasteiger partial charge in [-0.1, -0.05) is 12.1 Å². The van der Waals surface area contributed by atoms with E-state index >= 15 is 0 Å². The van der Waals surface area contributed by atoms with E-state index in [1.54, 1.807) is 6.26 Å². The second kappa shape index (κ2) is 30.5. The van der Waals surface area contributed by atoms with E-state index in [9.17, 15) is 78.3 Å². The first-order valence-corrected chi connectivity index (χ1v) is 24.2. The summed E-state index contributed by atoms with van der Waals surface area (Å²) in [6.07, 6.45) is -2.05. The fraction of sp³-hybridized carbons (Fsp3) is 0.581. The minimum atomic E-state index is -2.03. The number of phenolic OH excluding ortho intramolecular Hbond substituents is 1. The third-order valence-corrected chi connectivity index (χ3v) is 11.6. The molecule has 0 spiro atoms. The number of thioether (sulfide) groups is 1. The number of amides is 8. The number of phenols is 1. The monoisotopic (exact) mass is 1050 g/mol. The van der Waals surface area contributed by atoms with Crippen molar-refractivity contribution < 1.29 is 83.4 Å². The van der Waals surface area contributed by atoms with Crippen LogP contribution in [0, 0.1) is 0 Å². The van der Waals surface area contributed by atoms with Gasteiger partial charge in [-0.3, -0.25) is 52.9 Å². The number of carbonyl (C=O) groups is 11. The fourth-order valence-corrected chi connectivity index (χ4v) is 7.58. The Morgan fingerprint density at radius 2 is 1.23 bits per heavy atom. The third kappa shape index (κ3) is 21.1. The Kier molecular flexibility index (Phi) is 25.9. The highest BCUT2D eigenvalue weighted by molar-refractivity contribution is 7.98. The second-order valence-corrected chi connectivity index (χ2v) is 17.9. The maximum absolute atomic E-state index is 14.6. The number of hydrogen-bond donors (Lipinski definition) is 16. The van der Waals surface area contributed by atoms with Gasteiger partial charge in [-0.15, -0.1) is 0 Å². The summed E-state index contributed by atoms with van der Waals surface area (Å²) in [4.78, 5) is 148. The number of aliphatic hydroxyl groups is 2. The molecule has 1 aliphatic rings. The Bertz CT molecular complexity index is 2160. The number of guanidine groups is 1. The number of carboxylic acids is 3. The summed E-state index contributed by atoms with van der Waals surface area (Å²) in [5.74, 6) is -13.2. The van der Waals surface area contributed by atoms with Crippen LogP contribution in [0.1, 0.15) is 64.4 Å². The van der Waals surface area contributed by atoms with Crippen molar-refractivity contribution in [3.63, 3.8) is 0 Å². The van der Waals surface area contributed by atoms with Gasteiger partial charge in [0.05, 0.1) is 31.6 Å². The lowest BCUT2D eigenvalue weighted by molar-refractivity contribution is -0.148. The Labute approximate surface area is 422 Å². The Morgan fingerprint density at radius 1 is 0.712 bits per heavy atom. The Hall–Kier alpha value is -7.31. The van der Waals surface area contributed by atoms with E-state index in [0.29, 0.717) is 11.3 Å². The smallest absolute Gasteiger partial charge is 0.326 e. The maximum Gasteiger partial charge on any atom is 0.326 e. The molecule has 10 atom stereocenters. The maximum atomic E-state index is 14.6. The van der Waals surface area contributed by atoms with E-state index in [4.69, 9.17) is 22.3 Å². The first-order valence-electron chi connectivity index (χ1n) is 22.8. The van der Waals surface area contributed by atoms with E-state index in [-0.39, 0.29) is 63.3 Å². The summed E-state index contributed by atoms with van der Waals surface area (Å²) in [6, 6.07) is -8.63. The highest BCUT2D eigenvalue weighted by Crippen LogP contribution is 2.21. The molecule has 1 saturated heterocycles. The van der Waals surface area contributed by atoms with Crippen LogP contribution in [0.2, 0.25) is 0 Å². The molecule has 0 bridgehead atoms. The molecule has 8 amide bonds. The van der Waals surface area contributed by atoms with Crippen LogP contribution in [-0.4, -0.2) is 199 Å². The number of rotatable bonds is 31. The van der Waals surface area contributed by atoms with E-state index in [1.807, 2.05) is 10.6 Å². The van der Waals surface area contributed by atoms with E-state index in [1.165, 1.54) is 49.9 Å². The highest BCUT2D eigenvalue weighted by atomic mass is 32.2. The average Bonchev–Trinajstić information content (AvgIpc) is 3.81. The molecule has 1 aliphatic heterocycles. The first-order chi connectivity index (χ1) is 34.3. The minimum Gasteiger partial charge on any atom is -0.508 e. The molecule has 19 N–H and O–H groups in total. The summed E-state index contributed by atoms with van der Waals surface area (Å²) >= 11 is 1.32. The number of carboxylic acid groups (broad SMARTS) is 3. The zero-order valence-corrected chi connectivity index (χ0v) is 41.1. The SMILES string of the molecule is CSCC[C@H](NC(=O)[C@@H](NC(=O)[C@H](C)N)[C@@H](C)O)C(=O)N[C@@H](CCCN=C(N)N)C(=O)N[C@@H](Cc1ccc(O)cc1)C(=O)N1CCC[C@H]1C(=O)N[C@@H](CO)C(=O)N[C@@H](CC(=O)O)C(=O)N[C@@H](CC(=O)O)C(=O)O. The van der Waals surface area contributed by atoms with Crippen LogP contribution in [0.3, 0.4) is 0 Å². The number of aliphatic carboxylic acids is 3. The second-order valence-electron chi connectivity index (χ2n) is 16.9. The molecule has 0 aliphatic carbocycles. The number of nitrogens with two attached hydrogens (primary N) is 3. The fourth-order valence-electron chi connectivity index (χ4n) is 7.11. The topological polar surface area (TPSA) is 487 Å². The number of aromatic hydroxyl groups is 1. The normalized spacial score (nSPS) is 16.7. The lowest BCUT2D eigenvalue weighted by atomic mass is 10.0. The van der Waals surface area contributed by atoms with Gasteiger partial charge >= 0.3 is 17.9 Å². The average molecular weight is 1060 g/mol. The summed E-state index contributed by atoms with van der Waals surface area (Å²) in [7, 11) is 0. The largest absolute Gasteiger partial charge is 0.508 e. The standard InChI is InChI=1S/C43H66N12O17S/c1-20(44)34(63)54-33(21(2)57)40(69)49-25(12-15-73-3)36(65)48-24(6-4-13-47-43(45)46)35(64)51-27(16-22-8-10-23(58)11-9-22)41(70)55-14-5-7-30(55)39(68)53-29(19-56)38(67)50-26(17-31(59)60)37(66)52-28(42(71)72)18-32(61)62/h8-11,20-21,24-30,33,56-58H,4-7,12-19,44H2,1-3H3,(H,48,65)(H,49,69)(H,50,67)(H,51,64)(H,52,66)(H,53,68)(H,54,63)(H,59,60)(H,61,62)(H,71,72)(H4,45,46,47)/t20-,21+,24-,25-,26-,27-,28-,29-,30-,33-/m0/s1. The number of hydrogen-bond acceptors (Lipinski definition) is 17. The molecule has 1 heterocycles. The van der Waals surface area contributed by atoms with Gasteiger partial charge in [0.15, 0.2) is 5.96 Å².